The molecule has 0 aliphatic carbocycles. The molecule has 0 saturated heterocycles. The maximum absolute atomic E-state index is 9.73. The molecular formula is C19H16O2. The molecule has 0 saturated carbocycles. The van der Waals surface area contributed by atoms with E-state index in [4.69, 9.17) is 4.74 Å². The Morgan fingerprint density at radius 3 is 2.14 bits per heavy atom. The Morgan fingerprint density at radius 2 is 1.43 bits per heavy atom. The Balaban J connectivity index is 1.88. The minimum Gasteiger partial charge on any atom is -0.508 e. The van der Waals surface area contributed by atoms with Gasteiger partial charge in [-0.05, 0) is 29.3 Å². The third-order valence-corrected chi connectivity index (χ3v) is 3.29. The lowest BCUT2D eigenvalue weighted by molar-refractivity contribution is 0.307. The zero-order chi connectivity index (χ0) is 14.5. The van der Waals surface area contributed by atoms with E-state index in [2.05, 4.69) is 0 Å². The summed E-state index contributed by atoms with van der Waals surface area (Å²) < 4.78 is 5.92. The summed E-state index contributed by atoms with van der Waals surface area (Å²) >= 11 is 0. The maximum Gasteiger partial charge on any atom is 0.127 e. The first-order valence-electron chi connectivity index (χ1n) is 6.88. The van der Waals surface area contributed by atoms with E-state index < -0.39 is 0 Å². The quantitative estimate of drug-likeness (QED) is 0.752. The van der Waals surface area contributed by atoms with Crippen molar-refractivity contribution in [2.45, 2.75) is 6.61 Å². The monoisotopic (exact) mass is 276 g/mol. The van der Waals surface area contributed by atoms with Gasteiger partial charge in [0.1, 0.15) is 18.1 Å². The molecule has 0 atom stereocenters. The fourth-order valence-electron chi connectivity index (χ4n) is 2.22. The van der Waals surface area contributed by atoms with Crippen LogP contribution in [0.4, 0.5) is 0 Å². The van der Waals surface area contributed by atoms with E-state index in [9.17, 15) is 5.11 Å². The molecule has 0 aromatic heterocycles. The highest BCUT2D eigenvalue weighted by atomic mass is 16.5. The van der Waals surface area contributed by atoms with Gasteiger partial charge < -0.3 is 9.84 Å². The van der Waals surface area contributed by atoms with Crippen LogP contribution in [0.25, 0.3) is 11.1 Å². The Morgan fingerprint density at radius 1 is 0.762 bits per heavy atom. The lowest BCUT2D eigenvalue weighted by Gasteiger charge is -2.12. The van der Waals surface area contributed by atoms with Crippen molar-refractivity contribution in [3.05, 3.63) is 84.4 Å². The summed E-state index contributed by atoms with van der Waals surface area (Å²) in [5, 5.41) is 9.73. The molecule has 3 aromatic carbocycles. The maximum atomic E-state index is 9.73. The predicted molar refractivity (Wildman–Crippen MR) is 84.3 cm³/mol. The van der Waals surface area contributed by atoms with Gasteiger partial charge in [0.25, 0.3) is 0 Å². The average molecular weight is 276 g/mol. The van der Waals surface area contributed by atoms with Crippen LogP contribution >= 0.6 is 0 Å². The second-order valence-electron chi connectivity index (χ2n) is 4.82. The van der Waals surface area contributed by atoms with Gasteiger partial charge in [-0.3, -0.25) is 0 Å². The number of phenolic OH excluding ortho intramolecular Hbond substituents is 1. The first-order valence-corrected chi connectivity index (χ1v) is 6.88. The second-order valence-corrected chi connectivity index (χ2v) is 4.82. The van der Waals surface area contributed by atoms with Gasteiger partial charge in [0.05, 0.1) is 0 Å². The van der Waals surface area contributed by atoms with Crippen molar-refractivity contribution < 1.29 is 9.84 Å². The normalized spacial score (nSPS) is 10.3. The molecular weight excluding hydrogens is 260 g/mol. The van der Waals surface area contributed by atoms with E-state index in [1.54, 1.807) is 18.2 Å². The third-order valence-electron chi connectivity index (χ3n) is 3.29. The van der Waals surface area contributed by atoms with Crippen LogP contribution in [0.2, 0.25) is 0 Å². The van der Waals surface area contributed by atoms with Crippen molar-refractivity contribution >= 4 is 0 Å². The molecule has 1 N–H and O–H groups in total. The van der Waals surface area contributed by atoms with Gasteiger partial charge in [0.2, 0.25) is 0 Å². The van der Waals surface area contributed by atoms with E-state index in [0.717, 1.165) is 22.4 Å². The van der Waals surface area contributed by atoms with Gasteiger partial charge in [-0.1, -0.05) is 60.7 Å². The molecule has 3 rings (SSSR count). The van der Waals surface area contributed by atoms with Crippen molar-refractivity contribution in [2.75, 3.05) is 0 Å². The number of phenols is 1. The van der Waals surface area contributed by atoms with Gasteiger partial charge >= 0.3 is 0 Å². The van der Waals surface area contributed by atoms with E-state index in [-0.39, 0.29) is 5.75 Å². The first kappa shape index (κ1) is 13.3. The second kappa shape index (κ2) is 6.14. The van der Waals surface area contributed by atoms with Crippen LogP contribution in [0.3, 0.4) is 0 Å². The third kappa shape index (κ3) is 3.23. The Hall–Kier alpha value is -2.74. The van der Waals surface area contributed by atoms with Crippen molar-refractivity contribution in [1.29, 1.82) is 0 Å². The van der Waals surface area contributed by atoms with Crippen LogP contribution in [0.1, 0.15) is 5.56 Å². The lowest BCUT2D eigenvalue weighted by Crippen LogP contribution is -1.96. The van der Waals surface area contributed by atoms with E-state index >= 15 is 0 Å². The molecule has 0 aliphatic rings. The molecule has 0 bridgehead atoms. The first-order chi connectivity index (χ1) is 10.3. The standard InChI is InChI=1S/C19H16O2/c20-17-11-12-19(21-14-15-7-3-1-4-8-15)18(13-17)16-9-5-2-6-10-16/h1-13,20H,14H2. The van der Waals surface area contributed by atoms with E-state index in [1.165, 1.54) is 0 Å². The molecule has 0 amide bonds. The Kier molecular flexibility index (Phi) is 3.88. The lowest BCUT2D eigenvalue weighted by atomic mass is 10.0. The van der Waals surface area contributed by atoms with Gasteiger partial charge in [-0.15, -0.1) is 0 Å². The van der Waals surface area contributed by atoms with Crippen molar-refractivity contribution in [1.82, 2.24) is 0 Å². The molecule has 2 nitrogen and oxygen atoms in total. The van der Waals surface area contributed by atoms with Crippen molar-refractivity contribution in [2.24, 2.45) is 0 Å². The van der Waals surface area contributed by atoms with E-state index in [0.29, 0.717) is 6.61 Å². The molecule has 0 radical (unpaired) electrons. The summed E-state index contributed by atoms with van der Waals surface area (Å²) in [5.41, 5.74) is 3.03. The van der Waals surface area contributed by atoms with Crippen LogP contribution in [-0.2, 0) is 6.61 Å². The number of hydrogen-bond acceptors (Lipinski definition) is 2. The predicted octanol–water partition coefficient (Wildman–Crippen LogP) is 4.64. The summed E-state index contributed by atoms with van der Waals surface area (Å²) in [6.45, 7) is 0.505. The summed E-state index contributed by atoms with van der Waals surface area (Å²) in [5.74, 6) is 1.00. The highest BCUT2D eigenvalue weighted by Crippen LogP contribution is 2.33. The fourth-order valence-corrected chi connectivity index (χ4v) is 2.22. The van der Waals surface area contributed by atoms with Crippen LogP contribution in [0.15, 0.2) is 78.9 Å². The number of benzene rings is 3. The topological polar surface area (TPSA) is 29.5 Å². The number of aromatic hydroxyl groups is 1. The largest absolute Gasteiger partial charge is 0.508 e. The number of hydrogen-bond donors (Lipinski definition) is 1. The fraction of sp³-hybridized carbons (Fsp3) is 0.0526. The molecule has 21 heavy (non-hydrogen) atoms. The van der Waals surface area contributed by atoms with Crippen LogP contribution in [0, 0.1) is 0 Å². The minimum absolute atomic E-state index is 0.237. The molecule has 104 valence electrons. The van der Waals surface area contributed by atoms with Gasteiger partial charge in [-0.2, -0.15) is 0 Å². The van der Waals surface area contributed by atoms with Gasteiger partial charge in [0.15, 0.2) is 0 Å². The van der Waals surface area contributed by atoms with Crippen molar-refractivity contribution in [3.8, 4) is 22.6 Å². The molecule has 0 heterocycles. The minimum atomic E-state index is 0.237. The van der Waals surface area contributed by atoms with Gasteiger partial charge in [-0.25, -0.2) is 0 Å². The molecule has 2 heteroatoms. The molecule has 0 fully saturated rings. The molecule has 3 aromatic rings. The summed E-state index contributed by atoms with van der Waals surface area (Å²) in [7, 11) is 0. The average Bonchev–Trinajstić information content (AvgIpc) is 2.55. The van der Waals surface area contributed by atoms with Crippen LogP contribution in [-0.4, -0.2) is 5.11 Å². The summed E-state index contributed by atoms with van der Waals surface area (Å²) in [6, 6.07) is 25.1. The van der Waals surface area contributed by atoms with Crippen molar-refractivity contribution in [3.63, 3.8) is 0 Å². The zero-order valence-corrected chi connectivity index (χ0v) is 11.6. The Bertz CT molecular complexity index is 706. The number of rotatable bonds is 4. The molecule has 0 unspecified atom stereocenters. The van der Waals surface area contributed by atoms with E-state index in [1.807, 2.05) is 60.7 Å². The molecule has 0 spiro atoms. The SMILES string of the molecule is Oc1ccc(OCc2ccccc2)c(-c2ccccc2)c1. The van der Waals surface area contributed by atoms with Crippen LogP contribution < -0.4 is 4.74 Å². The van der Waals surface area contributed by atoms with Gasteiger partial charge in [0, 0.05) is 5.56 Å². The summed E-state index contributed by atoms with van der Waals surface area (Å²) in [6.07, 6.45) is 0. The Labute approximate surface area is 124 Å². The summed E-state index contributed by atoms with van der Waals surface area (Å²) in [4.78, 5) is 0. The smallest absolute Gasteiger partial charge is 0.127 e. The molecule has 0 aliphatic heterocycles. The number of ether oxygens (including phenoxy) is 1. The zero-order valence-electron chi connectivity index (χ0n) is 11.6. The highest BCUT2D eigenvalue weighted by Gasteiger charge is 2.07. The highest BCUT2D eigenvalue weighted by molar-refractivity contribution is 5.71. The van der Waals surface area contributed by atoms with Crippen LogP contribution in [0.5, 0.6) is 11.5 Å².